The molecule has 0 aliphatic heterocycles. The smallest absolute Gasteiger partial charge is 0.269 e. The van der Waals surface area contributed by atoms with E-state index in [2.05, 4.69) is 6.07 Å². The van der Waals surface area contributed by atoms with Gasteiger partial charge in [-0.1, -0.05) is 17.7 Å². The van der Waals surface area contributed by atoms with Crippen LogP contribution in [0.1, 0.15) is 23.1 Å². The van der Waals surface area contributed by atoms with Crippen molar-refractivity contribution in [1.82, 2.24) is 0 Å². The van der Waals surface area contributed by atoms with Crippen LogP contribution in [0, 0.1) is 10.1 Å². The zero-order valence-corrected chi connectivity index (χ0v) is 12.1. The molecule has 0 unspecified atom stereocenters. The van der Waals surface area contributed by atoms with Crippen molar-refractivity contribution in [1.29, 1.82) is 0 Å². The summed E-state index contributed by atoms with van der Waals surface area (Å²) in [5, 5.41) is 11.3. The van der Waals surface area contributed by atoms with Gasteiger partial charge in [-0.05, 0) is 48.6 Å². The van der Waals surface area contributed by atoms with Gasteiger partial charge < -0.3 is 4.74 Å². The summed E-state index contributed by atoms with van der Waals surface area (Å²) in [6, 6.07) is 10.5. The van der Waals surface area contributed by atoms with Crippen LogP contribution in [0.4, 0.5) is 5.69 Å². The fourth-order valence-electron chi connectivity index (χ4n) is 2.58. The summed E-state index contributed by atoms with van der Waals surface area (Å²) in [6.45, 7) is 0.222. The van der Waals surface area contributed by atoms with Crippen molar-refractivity contribution in [2.45, 2.75) is 25.9 Å². The fraction of sp³-hybridized carbons (Fsp3) is 0.250. The maximum Gasteiger partial charge on any atom is 0.269 e. The van der Waals surface area contributed by atoms with Crippen molar-refractivity contribution < 1.29 is 9.66 Å². The summed E-state index contributed by atoms with van der Waals surface area (Å²) in [4.78, 5) is 10.4. The molecule has 108 valence electrons. The molecule has 0 saturated heterocycles. The molecule has 0 saturated carbocycles. The third kappa shape index (κ3) is 3.00. The number of nitro groups is 1. The zero-order chi connectivity index (χ0) is 14.8. The predicted octanol–water partition coefficient (Wildman–Crippen LogP) is 4.32. The summed E-state index contributed by atoms with van der Waals surface area (Å²) in [5.41, 5.74) is 3.35. The first kappa shape index (κ1) is 13.9. The van der Waals surface area contributed by atoms with Crippen LogP contribution in [-0.4, -0.2) is 4.92 Å². The molecule has 4 nitrogen and oxygen atoms in total. The largest absolute Gasteiger partial charge is 0.489 e. The van der Waals surface area contributed by atoms with E-state index in [-0.39, 0.29) is 12.3 Å². The number of benzene rings is 2. The van der Waals surface area contributed by atoms with Crippen LogP contribution in [0.15, 0.2) is 36.4 Å². The highest BCUT2D eigenvalue weighted by atomic mass is 35.5. The molecule has 0 radical (unpaired) electrons. The van der Waals surface area contributed by atoms with Crippen LogP contribution in [0.5, 0.6) is 5.75 Å². The predicted molar refractivity (Wildman–Crippen MR) is 80.9 cm³/mol. The van der Waals surface area contributed by atoms with Crippen molar-refractivity contribution in [3.05, 3.63) is 68.2 Å². The highest BCUT2D eigenvalue weighted by molar-refractivity contribution is 6.31. The molecule has 5 heteroatoms. The number of nitro benzene ring substituents is 1. The average molecular weight is 304 g/mol. The Labute approximate surface area is 127 Å². The first-order chi connectivity index (χ1) is 10.1. The van der Waals surface area contributed by atoms with Crippen LogP contribution < -0.4 is 4.74 Å². The van der Waals surface area contributed by atoms with E-state index in [1.807, 2.05) is 12.1 Å². The quantitative estimate of drug-likeness (QED) is 0.624. The molecular formula is C16H14ClNO3. The Morgan fingerprint density at radius 1 is 1.14 bits per heavy atom. The second-order valence-corrected chi connectivity index (χ2v) is 5.51. The van der Waals surface area contributed by atoms with E-state index >= 15 is 0 Å². The molecule has 0 fully saturated rings. The highest BCUT2D eigenvalue weighted by Gasteiger charge is 2.13. The van der Waals surface area contributed by atoms with Crippen LogP contribution in [0.25, 0.3) is 0 Å². The number of aryl methyl sites for hydroxylation is 2. The third-order valence-electron chi connectivity index (χ3n) is 3.70. The Hall–Kier alpha value is -2.07. The van der Waals surface area contributed by atoms with Gasteiger partial charge >= 0.3 is 0 Å². The fourth-order valence-corrected chi connectivity index (χ4v) is 2.76. The Bertz CT molecular complexity index is 700. The zero-order valence-electron chi connectivity index (χ0n) is 11.3. The first-order valence-corrected chi connectivity index (χ1v) is 7.19. The van der Waals surface area contributed by atoms with Crippen LogP contribution in [-0.2, 0) is 19.4 Å². The molecule has 1 aliphatic rings. The van der Waals surface area contributed by atoms with Gasteiger partial charge in [0.05, 0.1) is 4.92 Å². The van der Waals surface area contributed by atoms with E-state index in [1.165, 1.54) is 35.7 Å². The normalized spacial score (nSPS) is 13.0. The van der Waals surface area contributed by atoms with E-state index < -0.39 is 4.92 Å². The van der Waals surface area contributed by atoms with Crippen LogP contribution >= 0.6 is 11.6 Å². The number of halogens is 1. The number of ether oxygens (including phenoxy) is 1. The number of fused-ring (bicyclic) bond motifs is 1. The Balaban J connectivity index is 1.75. The number of hydrogen-bond donors (Lipinski definition) is 0. The molecule has 0 atom stereocenters. The first-order valence-electron chi connectivity index (χ1n) is 6.81. The lowest BCUT2D eigenvalue weighted by atomic mass is 10.1. The van der Waals surface area contributed by atoms with Gasteiger partial charge in [-0.25, -0.2) is 0 Å². The third-order valence-corrected chi connectivity index (χ3v) is 4.07. The van der Waals surface area contributed by atoms with E-state index in [1.54, 1.807) is 0 Å². The molecular weight excluding hydrogens is 290 g/mol. The Kier molecular flexibility index (Phi) is 3.80. The number of hydrogen-bond acceptors (Lipinski definition) is 3. The minimum atomic E-state index is -0.435. The number of rotatable bonds is 4. The molecule has 0 spiro atoms. The summed E-state index contributed by atoms with van der Waals surface area (Å²) in [5.74, 6) is 0.776. The van der Waals surface area contributed by atoms with Gasteiger partial charge in [0.2, 0.25) is 0 Å². The second kappa shape index (κ2) is 5.74. The summed E-state index contributed by atoms with van der Waals surface area (Å²) in [6.07, 6.45) is 3.41. The molecule has 2 aromatic rings. The van der Waals surface area contributed by atoms with Gasteiger partial charge in [-0.3, -0.25) is 10.1 Å². The average Bonchev–Trinajstić information content (AvgIpc) is 2.93. The molecule has 2 aromatic carbocycles. The number of non-ortho nitro benzene ring substituents is 1. The maximum absolute atomic E-state index is 10.8. The SMILES string of the molecule is O=[N+]([O-])c1ccc(Cl)c(COc2ccc3c(c2)CCC3)c1. The highest BCUT2D eigenvalue weighted by Crippen LogP contribution is 2.28. The summed E-state index contributed by atoms with van der Waals surface area (Å²) < 4.78 is 5.73. The molecule has 0 N–H and O–H groups in total. The standard InChI is InChI=1S/C16H14ClNO3/c17-16-7-5-14(18(19)20)8-13(16)10-21-15-6-4-11-2-1-3-12(11)9-15/h4-9H,1-3,10H2. The van der Waals surface area contributed by atoms with E-state index in [0.29, 0.717) is 10.6 Å². The molecule has 0 heterocycles. The van der Waals surface area contributed by atoms with Crippen molar-refractivity contribution >= 4 is 17.3 Å². The lowest BCUT2D eigenvalue weighted by molar-refractivity contribution is -0.384. The second-order valence-electron chi connectivity index (χ2n) is 5.11. The lowest BCUT2D eigenvalue weighted by Gasteiger charge is -2.09. The van der Waals surface area contributed by atoms with Gasteiger partial charge in [0.1, 0.15) is 12.4 Å². The van der Waals surface area contributed by atoms with Crippen molar-refractivity contribution in [3.8, 4) is 5.75 Å². The summed E-state index contributed by atoms with van der Waals surface area (Å²) in [7, 11) is 0. The maximum atomic E-state index is 10.8. The molecule has 21 heavy (non-hydrogen) atoms. The summed E-state index contributed by atoms with van der Waals surface area (Å²) >= 11 is 6.06. The topological polar surface area (TPSA) is 52.4 Å². The van der Waals surface area contributed by atoms with Gasteiger partial charge in [0, 0.05) is 22.7 Å². The Morgan fingerprint density at radius 3 is 2.76 bits per heavy atom. The van der Waals surface area contributed by atoms with Crippen molar-refractivity contribution in [3.63, 3.8) is 0 Å². The molecule has 0 aromatic heterocycles. The van der Waals surface area contributed by atoms with Crippen LogP contribution in [0.3, 0.4) is 0 Å². The monoisotopic (exact) mass is 303 g/mol. The molecule has 0 bridgehead atoms. The minimum absolute atomic E-state index is 0.0203. The van der Waals surface area contributed by atoms with E-state index in [0.717, 1.165) is 18.6 Å². The van der Waals surface area contributed by atoms with Gasteiger partial charge in [-0.2, -0.15) is 0 Å². The Morgan fingerprint density at radius 2 is 1.95 bits per heavy atom. The number of nitrogens with zero attached hydrogens (tertiary/aromatic N) is 1. The lowest BCUT2D eigenvalue weighted by Crippen LogP contribution is -1.98. The molecule has 1 aliphatic carbocycles. The van der Waals surface area contributed by atoms with Gasteiger partial charge in [0.15, 0.2) is 0 Å². The van der Waals surface area contributed by atoms with E-state index in [9.17, 15) is 10.1 Å². The van der Waals surface area contributed by atoms with Gasteiger partial charge in [-0.15, -0.1) is 0 Å². The van der Waals surface area contributed by atoms with Crippen molar-refractivity contribution in [2.24, 2.45) is 0 Å². The van der Waals surface area contributed by atoms with Crippen molar-refractivity contribution in [2.75, 3.05) is 0 Å². The van der Waals surface area contributed by atoms with Crippen LogP contribution in [0.2, 0.25) is 5.02 Å². The minimum Gasteiger partial charge on any atom is -0.489 e. The molecule has 0 amide bonds. The van der Waals surface area contributed by atoms with Gasteiger partial charge in [0.25, 0.3) is 5.69 Å². The van der Waals surface area contributed by atoms with E-state index in [4.69, 9.17) is 16.3 Å². The molecule has 3 rings (SSSR count).